The Hall–Kier alpha value is -2.40. The van der Waals surface area contributed by atoms with E-state index in [1.165, 1.54) is 340 Å². The number of carbonyl (C=O) groups is 2. The number of aliphatic hydroxyl groups excluding tert-OH is 1. The highest BCUT2D eigenvalue weighted by molar-refractivity contribution is 5.70. The standard InChI is InChI=1S/C82H152O5/c1-3-5-7-9-11-13-15-17-19-21-23-25-27-29-31-33-35-37-38-39-40-41-42-43-45-46-48-50-52-54-56-58-60-62-64-66-68-70-72-74-76-81(84)86-79-80(78-83)87-82(85)77-75-73-71-69-67-65-63-61-59-57-55-53-51-49-47-44-36-34-32-30-28-26-24-22-20-18-16-14-12-10-8-6-4-2/h6,8,12,14,18,20,24,26,30,32,80,83H,3-5,7,9-11,13,15-17,19,21-23,25,27-29,31,33-79H2,1-2H3/b8-6-,14-12-,20-18-,26-24-,32-30-. The number of esters is 2. The molecule has 1 atom stereocenters. The molecule has 0 heterocycles. The van der Waals surface area contributed by atoms with Gasteiger partial charge in [-0.25, -0.2) is 0 Å². The van der Waals surface area contributed by atoms with Crippen molar-refractivity contribution in [2.75, 3.05) is 13.2 Å². The molecular formula is C82H152O5. The van der Waals surface area contributed by atoms with Crippen LogP contribution in [0.2, 0.25) is 0 Å². The van der Waals surface area contributed by atoms with Gasteiger partial charge in [-0.2, -0.15) is 0 Å². The van der Waals surface area contributed by atoms with E-state index >= 15 is 0 Å². The lowest BCUT2D eigenvalue weighted by molar-refractivity contribution is -0.161. The largest absolute Gasteiger partial charge is 0.462 e. The summed E-state index contributed by atoms with van der Waals surface area (Å²) in [5.74, 6) is -0.567. The van der Waals surface area contributed by atoms with Crippen LogP contribution in [0.4, 0.5) is 0 Å². The number of carbonyl (C=O) groups excluding carboxylic acids is 2. The second kappa shape index (κ2) is 77.8. The first-order valence-electron chi connectivity index (χ1n) is 39.3. The van der Waals surface area contributed by atoms with E-state index in [-0.39, 0.29) is 25.2 Å². The highest BCUT2D eigenvalue weighted by atomic mass is 16.6. The van der Waals surface area contributed by atoms with Gasteiger partial charge < -0.3 is 14.6 Å². The summed E-state index contributed by atoms with van der Waals surface area (Å²) in [4.78, 5) is 24.7. The average Bonchev–Trinajstić information content (AvgIpc) is 3.53. The second-order valence-corrected chi connectivity index (χ2v) is 26.8. The monoisotopic (exact) mass is 1220 g/mol. The summed E-state index contributed by atoms with van der Waals surface area (Å²) in [7, 11) is 0. The SMILES string of the molecule is CC/C=C\C/C=C\C/C=C\C/C=C\C/C=C\CCCCCCCCCCCCCCCCCCCC(=O)OC(CO)COC(=O)CCCCCCCCCCCCCCCCCCCCCCCCCCCCCCCCCCCCCCCCCC. The van der Waals surface area contributed by atoms with Gasteiger partial charge >= 0.3 is 11.9 Å². The third-order valence-corrected chi connectivity index (χ3v) is 18.1. The van der Waals surface area contributed by atoms with Crippen LogP contribution < -0.4 is 0 Å². The number of rotatable bonds is 74. The molecular weight excluding hydrogens is 1060 g/mol. The normalized spacial score (nSPS) is 12.4. The van der Waals surface area contributed by atoms with E-state index in [0.717, 1.165) is 64.2 Å². The predicted octanol–water partition coefficient (Wildman–Crippen LogP) is 27.6. The first kappa shape index (κ1) is 84.6. The molecule has 87 heavy (non-hydrogen) atoms. The lowest BCUT2D eigenvalue weighted by atomic mass is 10.0. The Kier molecular flexibility index (Phi) is 75.7. The van der Waals surface area contributed by atoms with Crippen molar-refractivity contribution in [3.63, 3.8) is 0 Å². The topological polar surface area (TPSA) is 72.8 Å². The van der Waals surface area contributed by atoms with Crippen LogP contribution in [-0.2, 0) is 19.1 Å². The quantitative estimate of drug-likeness (QED) is 0.0373. The summed E-state index contributed by atoms with van der Waals surface area (Å²) in [5, 5.41) is 9.72. The van der Waals surface area contributed by atoms with Crippen LogP contribution in [0.25, 0.3) is 0 Å². The highest BCUT2D eigenvalue weighted by Crippen LogP contribution is 2.20. The number of unbranched alkanes of at least 4 members (excludes halogenated alkanes) is 56. The van der Waals surface area contributed by atoms with E-state index < -0.39 is 6.10 Å². The molecule has 0 saturated heterocycles. The number of hydrogen-bond donors (Lipinski definition) is 1. The van der Waals surface area contributed by atoms with Crippen molar-refractivity contribution < 1.29 is 24.2 Å². The number of allylic oxidation sites excluding steroid dienone is 10. The fourth-order valence-electron chi connectivity index (χ4n) is 12.2. The van der Waals surface area contributed by atoms with Gasteiger partial charge in [0.25, 0.3) is 0 Å². The average molecular weight is 1220 g/mol. The van der Waals surface area contributed by atoms with Gasteiger partial charge in [0.1, 0.15) is 6.61 Å². The van der Waals surface area contributed by atoms with Crippen LogP contribution in [0.1, 0.15) is 431 Å². The highest BCUT2D eigenvalue weighted by Gasteiger charge is 2.16. The van der Waals surface area contributed by atoms with Crippen molar-refractivity contribution in [3.05, 3.63) is 60.8 Å². The Bertz CT molecular complexity index is 1480. The zero-order chi connectivity index (χ0) is 62.6. The molecule has 0 saturated carbocycles. The molecule has 0 fully saturated rings. The zero-order valence-corrected chi connectivity index (χ0v) is 58.8. The molecule has 5 nitrogen and oxygen atoms in total. The second-order valence-electron chi connectivity index (χ2n) is 26.8. The van der Waals surface area contributed by atoms with Crippen molar-refractivity contribution in [1.82, 2.24) is 0 Å². The van der Waals surface area contributed by atoms with Crippen LogP contribution in [-0.4, -0.2) is 36.4 Å². The third-order valence-electron chi connectivity index (χ3n) is 18.1. The maximum Gasteiger partial charge on any atom is 0.306 e. The summed E-state index contributed by atoms with van der Waals surface area (Å²) in [6, 6.07) is 0. The fourth-order valence-corrected chi connectivity index (χ4v) is 12.2. The maximum atomic E-state index is 12.4. The summed E-state index contributed by atoms with van der Waals surface area (Å²) < 4.78 is 10.8. The molecule has 0 spiro atoms. The van der Waals surface area contributed by atoms with Crippen molar-refractivity contribution in [2.24, 2.45) is 0 Å². The first-order chi connectivity index (χ1) is 43.1. The van der Waals surface area contributed by atoms with Gasteiger partial charge in [0, 0.05) is 12.8 Å². The molecule has 1 N–H and O–H groups in total. The molecule has 5 heteroatoms. The molecule has 1 unspecified atom stereocenters. The number of hydrogen-bond acceptors (Lipinski definition) is 5. The van der Waals surface area contributed by atoms with Crippen LogP contribution >= 0.6 is 0 Å². The molecule has 0 aromatic carbocycles. The van der Waals surface area contributed by atoms with E-state index in [1.807, 2.05) is 0 Å². The predicted molar refractivity (Wildman–Crippen MR) is 385 cm³/mol. The Balaban J connectivity index is 3.37. The van der Waals surface area contributed by atoms with E-state index in [1.54, 1.807) is 0 Å². The lowest BCUT2D eigenvalue weighted by Gasteiger charge is -2.15. The van der Waals surface area contributed by atoms with Gasteiger partial charge in [-0.15, -0.1) is 0 Å². The van der Waals surface area contributed by atoms with E-state index in [4.69, 9.17) is 9.47 Å². The van der Waals surface area contributed by atoms with Crippen molar-refractivity contribution in [3.8, 4) is 0 Å². The van der Waals surface area contributed by atoms with E-state index in [9.17, 15) is 14.7 Å². The molecule has 0 aliphatic carbocycles. The molecule has 0 radical (unpaired) electrons. The maximum absolute atomic E-state index is 12.4. The van der Waals surface area contributed by atoms with E-state index in [0.29, 0.717) is 12.8 Å². The Morgan fingerprint density at radius 2 is 0.494 bits per heavy atom. The third kappa shape index (κ3) is 76.0. The molecule has 0 amide bonds. The van der Waals surface area contributed by atoms with Crippen LogP contribution in [0.5, 0.6) is 0 Å². The van der Waals surface area contributed by atoms with Gasteiger partial charge in [-0.05, 0) is 57.8 Å². The Morgan fingerprint density at radius 3 is 0.747 bits per heavy atom. The van der Waals surface area contributed by atoms with E-state index in [2.05, 4.69) is 74.6 Å². The molecule has 0 aromatic heterocycles. The van der Waals surface area contributed by atoms with Crippen LogP contribution in [0, 0.1) is 0 Å². The summed E-state index contributed by atoms with van der Waals surface area (Å²) in [6.07, 6.45) is 107. The fraction of sp³-hybridized carbons (Fsp3) is 0.854. The number of aliphatic hydroxyl groups is 1. The minimum absolute atomic E-state index is 0.0608. The zero-order valence-electron chi connectivity index (χ0n) is 58.8. The first-order valence-corrected chi connectivity index (χ1v) is 39.3. The van der Waals surface area contributed by atoms with Gasteiger partial charge in [-0.1, -0.05) is 421 Å². The van der Waals surface area contributed by atoms with Gasteiger partial charge in [0.2, 0.25) is 0 Å². The van der Waals surface area contributed by atoms with Crippen molar-refractivity contribution >= 4 is 11.9 Å². The van der Waals surface area contributed by atoms with Gasteiger partial charge in [0.15, 0.2) is 6.10 Å². The summed E-state index contributed by atoms with van der Waals surface area (Å²) >= 11 is 0. The van der Waals surface area contributed by atoms with Gasteiger partial charge in [-0.3, -0.25) is 9.59 Å². The lowest BCUT2D eigenvalue weighted by Crippen LogP contribution is -2.28. The van der Waals surface area contributed by atoms with Crippen LogP contribution in [0.15, 0.2) is 60.8 Å². The molecule has 0 aliphatic rings. The molecule has 0 aromatic rings. The molecule has 510 valence electrons. The Morgan fingerprint density at radius 1 is 0.276 bits per heavy atom. The minimum Gasteiger partial charge on any atom is -0.462 e. The van der Waals surface area contributed by atoms with Crippen molar-refractivity contribution in [2.45, 2.75) is 437 Å². The van der Waals surface area contributed by atoms with Crippen molar-refractivity contribution in [1.29, 1.82) is 0 Å². The molecule has 0 bridgehead atoms. The Labute approximate surface area is 544 Å². The minimum atomic E-state index is -0.773. The van der Waals surface area contributed by atoms with Crippen LogP contribution in [0.3, 0.4) is 0 Å². The number of ether oxygens (including phenoxy) is 2. The summed E-state index contributed by atoms with van der Waals surface area (Å²) in [5.41, 5.74) is 0. The molecule has 0 rings (SSSR count). The smallest absolute Gasteiger partial charge is 0.306 e. The van der Waals surface area contributed by atoms with Gasteiger partial charge in [0.05, 0.1) is 6.61 Å². The summed E-state index contributed by atoms with van der Waals surface area (Å²) in [6.45, 7) is 4.09. The molecule has 0 aliphatic heterocycles.